The van der Waals surface area contributed by atoms with Crippen molar-refractivity contribution in [3.63, 3.8) is 0 Å². The lowest BCUT2D eigenvalue weighted by molar-refractivity contribution is -0.286. The Bertz CT molecular complexity index is 999. The summed E-state index contributed by atoms with van der Waals surface area (Å²) in [5.74, 6) is -0.0558. The third-order valence-corrected chi connectivity index (χ3v) is 4.45. The topological polar surface area (TPSA) is 64.9 Å². The van der Waals surface area contributed by atoms with Crippen molar-refractivity contribution in [1.29, 1.82) is 0 Å². The van der Waals surface area contributed by atoms with Gasteiger partial charge in [-0.1, -0.05) is 0 Å². The Balaban J connectivity index is 1.55. The number of anilines is 1. The molecule has 0 saturated heterocycles. The Kier molecular flexibility index (Phi) is 3.20. The van der Waals surface area contributed by atoms with Crippen LogP contribution in [-0.4, -0.2) is 15.7 Å². The fraction of sp³-hybridized carbons (Fsp3) is 0.200. The number of halogens is 2. The van der Waals surface area contributed by atoms with E-state index in [4.69, 9.17) is 0 Å². The lowest BCUT2D eigenvalue weighted by atomic mass is 10.2. The van der Waals surface area contributed by atoms with Gasteiger partial charge in [0.2, 0.25) is 0 Å². The summed E-state index contributed by atoms with van der Waals surface area (Å²) < 4.78 is 36.3. The molecule has 1 aromatic carbocycles. The lowest BCUT2D eigenvalue weighted by Crippen LogP contribution is -2.25. The predicted molar refractivity (Wildman–Crippen MR) is 84.0 cm³/mol. The molecule has 1 N–H and O–H groups in total. The number of rotatable bonds is 3. The molecule has 1 aliphatic rings. The van der Waals surface area contributed by atoms with Crippen molar-refractivity contribution in [3.8, 4) is 11.5 Å². The number of nitrogens with zero attached hydrogens (tertiary/aromatic N) is 2. The zero-order valence-corrected chi connectivity index (χ0v) is 13.2. The first kappa shape index (κ1) is 14.9. The van der Waals surface area contributed by atoms with Gasteiger partial charge in [0.05, 0.1) is 12.2 Å². The predicted octanol–water partition coefficient (Wildman–Crippen LogP) is 3.00. The van der Waals surface area contributed by atoms with Gasteiger partial charge < -0.3 is 14.8 Å². The molecule has 0 saturated carbocycles. The summed E-state index contributed by atoms with van der Waals surface area (Å²) in [4.78, 5) is 17.1. The second kappa shape index (κ2) is 5.17. The van der Waals surface area contributed by atoms with Crippen molar-refractivity contribution >= 4 is 22.0 Å². The van der Waals surface area contributed by atoms with Crippen LogP contribution in [0.2, 0.25) is 0 Å². The Labute approximate surface area is 138 Å². The fourth-order valence-electron chi connectivity index (χ4n) is 2.44. The van der Waals surface area contributed by atoms with Gasteiger partial charge in [-0.25, -0.2) is 4.98 Å². The van der Waals surface area contributed by atoms with Crippen LogP contribution in [0.3, 0.4) is 0 Å². The number of aromatic nitrogens is 2. The number of ether oxygens (including phenoxy) is 2. The van der Waals surface area contributed by atoms with E-state index in [0.717, 1.165) is 5.69 Å². The van der Waals surface area contributed by atoms with Crippen LogP contribution in [0.4, 0.5) is 14.5 Å². The van der Waals surface area contributed by atoms with Crippen LogP contribution >= 0.6 is 11.3 Å². The highest BCUT2D eigenvalue weighted by Gasteiger charge is 2.43. The Morgan fingerprint density at radius 3 is 2.92 bits per heavy atom. The molecular weight excluding hydrogens is 340 g/mol. The number of thiazole rings is 1. The Morgan fingerprint density at radius 1 is 1.29 bits per heavy atom. The lowest BCUT2D eigenvalue weighted by Gasteiger charge is -2.07. The van der Waals surface area contributed by atoms with E-state index < -0.39 is 6.29 Å². The van der Waals surface area contributed by atoms with Crippen molar-refractivity contribution in [2.24, 2.45) is 0 Å². The number of hydrogen-bond donors (Lipinski definition) is 1. The molecule has 0 unspecified atom stereocenters. The van der Waals surface area contributed by atoms with Crippen molar-refractivity contribution in [2.45, 2.75) is 19.8 Å². The van der Waals surface area contributed by atoms with Crippen molar-refractivity contribution in [2.75, 3.05) is 5.32 Å². The summed E-state index contributed by atoms with van der Waals surface area (Å²) in [6.45, 7) is 2.12. The number of fused-ring (bicyclic) bond motifs is 2. The number of nitrogens with one attached hydrogen (secondary N) is 1. The normalized spacial score (nSPS) is 15.0. The van der Waals surface area contributed by atoms with E-state index in [1.165, 1.54) is 33.9 Å². The molecule has 24 heavy (non-hydrogen) atoms. The average Bonchev–Trinajstić information content (AvgIpc) is 3.03. The second-order valence-electron chi connectivity index (χ2n) is 5.26. The van der Waals surface area contributed by atoms with Gasteiger partial charge in [0.1, 0.15) is 0 Å². The first-order valence-corrected chi connectivity index (χ1v) is 7.90. The summed E-state index contributed by atoms with van der Waals surface area (Å²) in [5, 5.41) is 4.89. The van der Waals surface area contributed by atoms with E-state index in [1.54, 1.807) is 6.07 Å². The van der Waals surface area contributed by atoms with Gasteiger partial charge in [0.25, 0.3) is 5.56 Å². The third kappa shape index (κ3) is 2.56. The van der Waals surface area contributed by atoms with E-state index >= 15 is 0 Å². The molecule has 0 atom stereocenters. The summed E-state index contributed by atoms with van der Waals surface area (Å²) >= 11 is 1.38. The first-order valence-electron chi connectivity index (χ1n) is 7.02. The summed E-state index contributed by atoms with van der Waals surface area (Å²) in [7, 11) is 0. The number of alkyl halides is 2. The van der Waals surface area contributed by atoms with Crippen molar-refractivity contribution in [3.05, 3.63) is 51.4 Å². The van der Waals surface area contributed by atoms with Gasteiger partial charge >= 0.3 is 6.29 Å². The molecule has 124 valence electrons. The summed E-state index contributed by atoms with van der Waals surface area (Å²) in [5.41, 5.74) is 1.80. The van der Waals surface area contributed by atoms with Gasteiger partial charge in [-0.05, 0) is 19.1 Å². The van der Waals surface area contributed by atoms with Gasteiger partial charge in [-0.3, -0.25) is 9.20 Å². The fourth-order valence-corrected chi connectivity index (χ4v) is 3.33. The zero-order chi connectivity index (χ0) is 16.9. The number of benzene rings is 1. The quantitative estimate of drug-likeness (QED) is 0.786. The second-order valence-corrected chi connectivity index (χ2v) is 6.10. The maximum Gasteiger partial charge on any atom is 0.586 e. The van der Waals surface area contributed by atoms with Gasteiger partial charge in [-0.15, -0.1) is 20.1 Å². The van der Waals surface area contributed by atoms with E-state index in [2.05, 4.69) is 19.8 Å². The molecular formula is C15H11F2N3O3S. The van der Waals surface area contributed by atoms with Crippen LogP contribution in [0.5, 0.6) is 11.5 Å². The molecule has 3 heterocycles. The molecule has 0 radical (unpaired) electrons. The highest BCUT2D eigenvalue weighted by molar-refractivity contribution is 7.15. The molecule has 3 aromatic rings. The molecule has 0 bridgehead atoms. The number of aryl methyl sites for hydroxylation is 1. The van der Waals surface area contributed by atoms with E-state index in [9.17, 15) is 13.6 Å². The Morgan fingerprint density at radius 2 is 2.08 bits per heavy atom. The maximum atomic E-state index is 13.0. The van der Waals surface area contributed by atoms with E-state index in [0.29, 0.717) is 16.3 Å². The van der Waals surface area contributed by atoms with Gasteiger partial charge in [-0.2, -0.15) is 0 Å². The smallest absolute Gasteiger partial charge is 0.395 e. The van der Waals surface area contributed by atoms with Crippen molar-refractivity contribution in [1.82, 2.24) is 9.38 Å². The highest BCUT2D eigenvalue weighted by atomic mass is 32.1. The molecule has 0 fully saturated rings. The third-order valence-electron chi connectivity index (χ3n) is 3.50. The summed E-state index contributed by atoms with van der Waals surface area (Å²) in [6, 6.07) is 5.84. The maximum absolute atomic E-state index is 13.0. The standard InChI is InChI=1S/C15H11F2N3O3S/c1-8-7-24-14-19-10(5-13(21)20(8)14)6-18-9-2-3-11-12(4-9)23-15(16,17)22-11/h2-5,7,18H,6H2,1H3. The average molecular weight is 351 g/mol. The minimum absolute atomic E-state index is 0.0163. The van der Waals surface area contributed by atoms with Gasteiger partial charge in [0.15, 0.2) is 16.5 Å². The largest absolute Gasteiger partial charge is 0.586 e. The van der Waals surface area contributed by atoms with Crippen LogP contribution < -0.4 is 20.3 Å². The first-order chi connectivity index (χ1) is 11.4. The van der Waals surface area contributed by atoms with Crippen LogP contribution in [0, 0.1) is 6.92 Å². The SMILES string of the molecule is Cc1csc2nc(CNc3ccc4c(c3)OC(F)(F)O4)cc(=O)n12. The molecule has 2 aromatic heterocycles. The molecule has 6 nitrogen and oxygen atoms in total. The highest BCUT2D eigenvalue weighted by Crippen LogP contribution is 2.42. The van der Waals surface area contributed by atoms with Crippen LogP contribution in [0.15, 0.2) is 34.4 Å². The van der Waals surface area contributed by atoms with Gasteiger partial charge in [0, 0.05) is 28.9 Å². The van der Waals surface area contributed by atoms with Crippen molar-refractivity contribution < 1.29 is 18.3 Å². The van der Waals surface area contributed by atoms with Crippen LogP contribution in [0.25, 0.3) is 4.96 Å². The minimum atomic E-state index is -3.64. The molecule has 1 aliphatic heterocycles. The van der Waals surface area contributed by atoms with Crippen LogP contribution in [0.1, 0.15) is 11.4 Å². The number of hydrogen-bond acceptors (Lipinski definition) is 6. The van der Waals surface area contributed by atoms with Crippen LogP contribution in [-0.2, 0) is 6.54 Å². The minimum Gasteiger partial charge on any atom is -0.395 e. The molecule has 0 amide bonds. The monoisotopic (exact) mass is 351 g/mol. The van der Waals surface area contributed by atoms with E-state index in [1.807, 2.05) is 12.3 Å². The zero-order valence-electron chi connectivity index (χ0n) is 12.4. The molecule has 0 aliphatic carbocycles. The van der Waals surface area contributed by atoms with E-state index in [-0.39, 0.29) is 23.6 Å². The molecule has 4 rings (SSSR count). The molecule has 9 heteroatoms. The summed E-state index contributed by atoms with van der Waals surface area (Å²) in [6.07, 6.45) is -3.64. The molecule has 0 spiro atoms. The Hall–Kier alpha value is -2.68.